The van der Waals surface area contributed by atoms with Crippen LogP contribution in [0.1, 0.15) is 105 Å². The van der Waals surface area contributed by atoms with E-state index in [1.54, 1.807) is 0 Å². The first-order chi connectivity index (χ1) is 9.56. The van der Waals surface area contributed by atoms with Crippen molar-refractivity contribution in [2.24, 2.45) is 5.92 Å². The number of ether oxygens (including phenoxy) is 1. The van der Waals surface area contributed by atoms with Crippen LogP contribution in [0.4, 0.5) is 0 Å². The second kappa shape index (κ2) is 12.7. The Kier molecular flexibility index (Phi) is 12.7. The molecule has 1 atom stereocenters. The van der Waals surface area contributed by atoms with E-state index in [0.717, 1.165) is 13.0 Å². The van der Waals surface area contributed by atoms with Gasteiger partial charge in [-0.2, -0.15) is 0 Å². The molecule has 0 saturated heterocycles. The van der Waals surface area contributed by atoms with Gasteiger partial charge in [-0.15, -0.1) is 0 Å². The van der Waals surface area contributed by atoms with Crippen molar-refractivity contribution in [2.75, 3.05) is 6.61 Å². The smallest absolute Gasteiger partial charge is 0.0674 e. The Morgan fingerprint density at radius 1 is 0.750 bits per heavy atom. The van der Waals surface area contributed by atoms with Crippen LogP contribution in [0.15, 0.2) is 0 Å². The van der Waals surface area contributed by atoms with Crippen molar-refractivity contribution in [3.05, 3.63) is 0 Å². The van der Waals surface area contributed by atoms with Gasteiger partial charge in [0.1, 0.15) is 0 Å². The van der Waals surface area contributed by atoms with Crippen molar-refractivity contribution < 1.29 is 4.74 Å². The third-order valence-electron chi connectivity index (χ3n) is 4.85. The Balaban J connectivity index is 3.32. The molecule has 0 heterocycles. The standard InChI is InChI=1S/C19H40O/c1-6-8-9-10-11-12-13-14-15-16-17-20-19(5,7-2)18(3)4/h18H,6-17H2,1-5H3. The van der Waals surface area contributed by atoms with Gasteiger partial charge >= 0.3 is 0 Å². The van der Waals surface area contributed by atoms with Crippen LogP contribution in [-0.4, -0.2) is 12.2 Å². The fourth-order valence-corrected chi connectivity index (χ4v) is 2.57. The lowest BCUT2D eigenvalue weighted by Gasteiger charge is -2.33. The van der Waals surface area contributed by atoms with Crippen molar-refractivity contribution in [3.63, 3.8) is 0 Å². The zero-order valence-corrected chi connectivity index (χ0v) is 15.0. The minimum Gasteiger partial charge on any atom is -0.375 e. The number of rotatable bonds is 14. The summed E-state index contributed by atoms with van der Waals surface area (Å²) in [6, 6.07) is 0. The molecule has 1 unspecified atom stereocenters. The summed E-state index contributed by atoms with van der Waals surface area (Å²) in [6.45, 7) is 12.3. The molecule has 0 aliphatic heterocycles. The first-order valence-corrected chi connectivity index (χ1v) is 9.20. The molecule has 0 aliphatic carbocycles. The van der Waals surface area contributed by atoms with Gasteiger partial charge < -0.3 is 4.74 Å². The van der Waals surface area contributed by atoms with E-state index in [4.69, 9.17) is 4.74 Å². The average Bonchev–Trinajstić information content (AvgIpc) is 2.44. The molecule has 0 spiro atoms. The molecule has 122 valence electrons. The first-order valence-electron chi connectivity index (χ1n) is 9.20. The molecule has 0 aromatic rings. The Hall–Kier alpha value is -0.0400. The van der Waals surface area contributed by atoms with Gasteiger partial charge in [0.25, 0.3) is 0 Å². The molecule has 0 radical (unpaired) electrons. The lowest BCUT2D eigenvalue weighted by molar-refractivity contribution is -0.0682. The third kappa shape index (κ3) is 9.80. The first kappa shape index (κ1) is 20.0. The highest BCUT2D eigenvalue weighted by Crippen LogP contribution is 2.25. The molecule has 1 heteroatoms. The van der Waals surface area contributed by atoms with E-state index in [-0.39, 0.29) is 5.60 Å². The van der Waals surface area contributed by atoms with Crippen LogP contribution in [0.25, 0.3) is 0 Å². The Labute approximate surface area is 128 Å². The molecule has 1 nitrogen and oxygen atoms in total. The number of unbranched alkanes of at least 4 members (excludes halogenated alkanes) is 9. The summed E-state index contributed by atoms with van der Waals surface area (Å²) in [5.41, 5.74) is 0.0826. The van der Waals surface area contributed by atoms with Crippen LogP contribution in [0.2, 0.25) is 0 Å². The van der Waals surface area contributed by atoms with Gasteiger partial charge in [-0.05, 0) is 25.7 Å². The molecule has 0 rings (SSSR count). The SMILES string of the molecule is CCCCCCCCCCCCOC(C)(CC)C(C)C. The molecule has 0 amide bonds. The van der Waals surface area contributed by atoms with Crippen molar-refractivity contribution in [1.29, 1.82) is 0 Å². The molecular weight excluding hydrogens is 244 g/mol. The van der Waals surface area contributed by atoms with Crippen molar-refractivity contribution >= 4 is 0 Å². The largest absolute Gasteiger partial charge is 0.375 e. The second-order valence-electron chi connectivity index (χ2n) is 6.85. The maximum atomic E-state index is 6.11. The predicted octanol–water partition coefficient (Wildman–Crippen LogP) is 6.75. The van der Waals surface area contributed by atoms with Crippen molar-refractivity contribution in [1.82, 2.24) is 0 Å². The molecule has 0 fully saturated rings. The van der Waals surface area contributed by atoms with Gasteiger partial charge in [-0.25, -0.2) is 0 Å². The minimum absolute atomic E-state index is 0.0826. The van der Waals surface area contributed by atoms with Crippen LogP contribution in [0, 0.1) is 5.92 Å². The van der Waals surface area contributed by atoms with E-state index in [9.17, 15) is 0 Å². The summed E-state index contributed by atoms with van der Waals surface area (Å²) in [5.74, 6) is 0.607. The maximum absolute atomic E-state index is 6.11. The van der Waals surface area contributed by atoms with E-state index in [1.165, 1.54) is 64.2 Å². The number of hydrogen-bond acceptors (Lipinski definition) is 1. The van der Waals surface area contributed by atoms with Crippen molar-refractivity contribution in [2.45, 2.75) is 111 Å². The molecule has 0 aromatic carbocycles. The summed E-state index contributed by atoms with van der Waals surface area (Å²) < 4.78 is 6.11. The Bertz CT molecular complexity index is 200. The molecule has 0 N–H and O–H groups in total. The normalized spacial score (nSPS) is 14.7. The van der Waals surface area contributed by atoms with E-state index in [2.05, 4.69) is 34.6 Å². The highest BCUT2D eigenvalue weighted by Gasteiger charge is 2.26. The highest BCUT2D eigenvalue weighted by molar-refractivity contribution is 4.76. The monoisotopic (exact) mass is 284 g/mol. The van der Waals surface area contributed by atoms with Crippen molar-refractivity contribution in [3.8, 4) is 0 Å². The van der Waals surface area contributed by atoms with Crippen LogP contribution in [0.5, 0.6) is 0 Å². The predicted molar refractivity (Wildman–Crippen MR) is 91.3 cm³/mol. The molecule has 0 bridgehead atoms. The van der Waals surface area contributed by atoms with Crippen LogP contribution in [0.3, 0.4) is 0 Å². The van der Waals surface area contributed by atoms with Gasteiger partial charge in [0.2, 0.25) is 0 Å². The van der Waals surface area contributed by atoms with Gasteiger partial charge in [-0.3, -0.25) is 0 Å². The quantitative estimate of drug-likeness (QED) is 0.321. The lowest BCUT2D eigenvalue weighted by Crippen LogP contribution is -2.34. The second-order valence-corrected chi connectivity index (χ2v) is 6.85. The summed E-state index contributed by atoms with van der Waals surface area (Å²) in [6.07, 6.45) is 15.0. The fourth-order valence-electron chi connectivity index (χ4n) is 2.57. The Morgan fingerprint density at radius 3 is 1.60 bits per heavy atom. The van der Waals surface area contributed by atoms with Crippen LogP contribution < -0.4 is 0 Å². The molecule has 0 aliphatic rings. The lowest BCUT2D eigenvalue weighted by atomic mass is 9.89. The molecule has 20 heavy (non-hydrogen) atoms. The topological polar surface area (TPSA) is 9.23 Å². The highest BCUT2D eigenvalue weighted by atomic mass is 16.5. The van der Waals surface area contributed by atoms with E-state index < -0.39 is 0 Å². The molecular formula is C19H40O. The van der Waals surface area contributed by atoms with Gasteiger partial charge in [0.05, 0.1) is 5.60 Å². The van der Waals surface area contributed by atoms with Crippen LogP contribution in [-0.2, 0) is 4.74 Å². The van der Waals surface area contributed by atoms with Gasteiger partial charge in [-0.1, -0.05) is 85.5 Å². The number of hydrogen-bond donors (Lipinski definition) is 0. The summed E-state index contributed by atoms with van der Waals surface area (Å²) >= 11 is 0. The molecule has 0 saturated carbocycles. The van der Waals surface area contributed by atoms with E-state index in [0.29, 0.717) is 5.92 Å². The summed E-state index contributed by atoms with van der Waals surface area (Å²) in [7, 11) is 0. The summed E-state index contributed by atoms with van der Waals surface area (Å²) in [4.78, 5) is 0. The van der Waals surface area contributed by atoms with E-state index in [1.807, 2.05) is 0 Å². The Morgan fingerprint density at radius 2 is 1.20 bits per heavy atom. The van der Waals surface area contributed by atoms with Crippen LogP contribution >= 0.6 is 0 Å². The van der Waals surface area contributed by atoms with E-state index >= 15 is 0 Å². The zero-order chi connectivity index (χ0) is 15.3. The summed E-state index contributed by atoms with van der Waals surface area (Å²) in [5, 5.41) is 0. The fraction of sp³-hybridized carbons (Fsp3) is 1.00. The average molecular weight is 285 g/mol. The minimum atomic E-state index is 0.0826. The molecule has 0 aromatic heterocycles. The third-order valence-corrected chi connectivity index (χ3v) is 4.85. The van der Waals surface area contributed by atoms with Gasteiger partial charge in [0.15, 0.2) is 0 Å². The zero-order valence-electron chi connectivity index (χ0n) is 15.0. The van der Waals surface area contributed by atoms with Gasteiger partial charge in [0, 0.05) is 6.61 Å². The maximum Gasteiger partial charge on any atom is 0.0674 e.